The van der Waals surface area contributed by atoms with Gasteiger partial charge in [-0.05, 0) is 43.6 Å². The van der Waals surface area contributed by atoms with Crippen LogP contribution in [0, 0.1) is 5.41 Å². The summed E-state index contributed by atoms with van der Waals surface area (Å²) in [5.74, 6) is 1.54. The molecule has 5 nitrogen and oxygen atoms in total. The Labute approximate surface area is 173 Å². The molecule has 1 aromatic rings. The third-order valence-corrected chi connectivity index (χ3v) is 5.68. The van der Waals surface area contributed by atoms with Gasteiger partial charge in [0.05, 0.1) is 12.3 Å². The molecule has 2 aliphatic carbocycles. The Morgan fingerprint density at radius 2 is 1.93 bits per heavy atom. The van der Waals surface area contributed by atoms with Crippen molar-refractivity contribution in [2.45, 2.75) is 38.5 Å². The van der Waals surface area contributed by atoms with Crippen LogP contribution in [0.3, 0.4) is 0 Å². The van der Waals surface area contributed by atoms with Crippen molar-refractivity contribution in [1.82, 2.24) is 15.3 Å². The number of hydrogen-bond acceptors (Lipinski definition) is 5. The Hall–Kier alpha value is -2.66. The zero-order chi connectivity index (χ0) is 20.2. The van der Waals surface area contributed by atoms with Crippen molar-refractivity contribution < 1.29 is 4.74 Å². The number of hydrogen-bond donors (Lipinski definition) is 2. The van der Waals surface area contributed by atoms with Crippen LogP contribution in [0.4, 0.5) is 5.95 Å². The van der Waals surface area contributed by atoms with Crippen LogP contribution in [0.25, 0.3) is 0 Å². The van der Waals surface area contributed by atoms with E-state index in [1.165, 1.54) is 0 Å². The summed E-state index contributed by atoms with van der Waals surface area (Å²) in [5.41, 5.74) is 1.89. The summed E-state index contributed by atoms with van der Waals surface area (Å²) >= 11 is 0. The van der Waals surface area contributed by atoms with Crippen molar-refractivity contribution in [3.05, 3.63) is 78.0 Å². The van der Waals surface area contributed by atoms with Gasteiger partial charge in [-0.1, -0.05) is 44.2 Å². The summed E-state index contributed by atoms with van der Waals surface area (Å²) in [5, 5.41) is 6.95. The van der Waals surface area contributed by atoms with Gasteiger partial charge in [0.1, 0.15) is 5.76 Å². The summed E-state index contributed by atoms with van der Waals surface area (Å²) in [4.78, 5) is 9.30. The van der Waals surface area contributed by atoms with E-state index in [0.29, 0.717) is 12.6 Å². The lowest BCUT2D eigenvalue weighted by atomic mass is 9.80. The maximum atomic E-state index is 6.00. The van der Waals surface area contributed by atoms with Gasteiger partial charge in [-0.25, -0.2) is 9.97 Å². The van der Waals surface area contributed by atoms with Crippen molar-refractivity contribution in [3.8, 4) is 0 Å². The number of ether oxygens (including phenoxy) is 1. The Bertz CT molecular complexity index is 898. The largest absolute Gasteiger partial charge is 0.494 e. The lowest BCUT2D eigenvalue weighted by Crippen LogP contribution is -2.32. The highest BCUT2D eigenvalue weighted by Gasteiger charge is 2.29. The fourth-order valence-corrected chi connectivity index (χ4v) is 4.00. The van der Waals surface area contributed by atoms with Crippen LogP contribution in [0.2, 0.25) is 0 Å². The third-order valence-electron chi connectivity index (χ3n) is 5.68. The van der Waals surface area contributed by atoms with Gasteiger partial charge in [-0.3, -0.25) is 0 Å². The average Bonchev–Trinajstić information content (AvgIpc) is 2.70. The van der Waals surface area contributed by atoms with Gasteiger partial charge in [0.15, 0.2) is 0 Å². The highest BCUT2D eigenvalue weighted by atomic mass is 16.5. The van der Waals surface area contributed by atoms with E-state index in [0.717, 1.165) is 49.5 Å². The van der Waals surface area contributed by atoms with Gasteiger partial charge in [-0.15, -0.1) is 0 Å². The normalized spacial score (nSPS) is 30.7. The fourth-order valence-electron chi connectivity index (χ4n) is 4.00. The first-order valence-electron chi connectivity index (χ1n) is 10.4. The summed E-state index contributed by atoms with van der Waals surface area (Å²) in [6.07, 6.45) is 22.1. The first-order chi connectivity index (χ1) is 14.0. The molecule has 0 aromatic carbocycles. The van der Waals surface area contributed by atoms with Crippen LogP contribution in [-0.4, -0.2) is 29.7 Å². The van der Waals surface area contributed by atoms with Crippen molar-refractivity contribution in [1.29, 1.82) is 0 Å². The first-order valence-corrected chi connectivity index (χ1v) is 10.4. The molecule has 152 valence electrons. The van der Waals surface area contributed by atoms with Crippen molar-refractivity contribution in [2.75, 3.05) is 25.0 Å². The van der Waals surface area contributed by atoms with E-state index in [2.05, 4.69) is 78.1 Å². The zero-order valence-corrected chi connectivity index (χ0v) is 17.3. The Morgan fingerprint density at radius 3 is 2.86 bits per heavy atom. The van der Waals surface area contributed by atoms with Crippen molar-refractivity contribution in [2.24, 2.45) is 5.41 Å². The number of aromatic nitrogens is 2. The average molecular weight is 391 g/mol. The molecule has 3 aliphatic rings. The highest BCUT2D eigenvalue weighted by molar-refractivity contribution is 5.44. The molecule has 2 N–H and O–H groups in total. The predicted molar refractivity (Wildman–Crippen MR) is 117 cm³/mol. The second-order valence-corrected chi connectivity index (χ2v) is 8.56. The van der Waals surface area contributed by atoms with E-state index in [1.807, 2.05) is 12.3 Å². The lowest BCUT2D eigenvalue weighted by Gasteiger charge is -2.30. The van der Waals surface area contributed by atoms with Crippen LogP contribution in [-0.2, 0) is 10.2 Å². The number of fused-ring (bicyclic) bond motifs is 5. The minimum atomic E-state index is -0.208. The van der Waals surface area contributed by atoms with Crippen LogP contribution in [0.15, 0.2) is 72.3 Å². The van der Waals surface area contributed by atoms with Gasteiger partial charge >= 0.3 is 0 Å². The zero-order valence-electron chi connectivity index (χ0n) is 17.3. The molecular weight excluding hydrogens is 360 g/mol. The number of rotatable bonds is 0. The molecule has 5 heteroatoms. The number of anilines is 1. The number of allylic oxidation sites excluding steroid dienone is 5. The predicted octanol–water partition coefficient (Wildman–Crippen LogP) is 4.41. The molecule has 2 heterocycles. The van der Waals surface area contributed by atoms with Crippen molar-refractivity contribution in [3.63, 3.8) is 0 Å². The summed E-state index contributed by atoms with van der Waals surface area (Å²) in [6.45, 7) is 6.93. The van der Waals surface area contributed by atoms with Gasteiger partial charge in [0.25, 0.3) is 0 Å². The first kappa shape index (κ1) is 19.6. The van der Waals surface area contributed by atoms with Gasteiger partial charge in [0, 0.05) is 35.8 Å². The molecule has 0 saturated carbocycles. The maximum absolute atomic E-state index is 6.00. The van der Waals surface area contributed by atoms with Crippen LogP contribution in [0.5, 0.6) is 0 Å². The van der Waals surface area contributed by atoms with E-state index >= 15 is 0 Å². The summed E-state index contributed by atoms with van der Waals surface area (Å²) in [7, 11) is 0. The molecule has 0 fully saturated rings. The Morgan fingerprint density at radius 1 is 1.03 bits per heavy atom. The molecule has 2 atom stereocenters. The smallest absolute Gasteiger partial charge is 0.227 e. The summed E-state index contributed by atoms with van der Waals surface area (Å²) < 4.78 is 6.00. The Balaban J connectivity index is 1.65. The molecule has 4 rings (SSSR count). The molecule has 0 radical (unpaired) electrons. The van der Waals surface area contributed by atoms with Crippen molar-refractivity contribution >= 4 is 5.95 Å². The van der Waals surface area contributed by atoms with Gasteiger partial charge in [0.2, 0.25) is 5.95 Å². The molecule has 1 aliphatic heterocycles. The molecule has 1 aromatic heterocycles. The number of nitrogens with zero attached hydrogens (tertiary/aromatic N) is 2. The molecule has 0 saturated heterocycles. The standard InChI is InChI=1S/C24H30N4O/c1-23-11-6-8-19(16-23)27-22-26-14-10-21(28-22)24(2)12-7-9-20(17-24)29-15-5-3-4-13-25-18-23/h3-4,6-10,14,16-17,25H,5,11-13,15,18H2,1-2H3,(H,26,27,28)/b4-3+. The molecule has 2 unspecified atom stereocenters. The third kappa shape index (κ3) is 4.85. The second-order valence-electron chi connectivity index (χ2n) is 8.56. The quantitative estimate of drug-likeness (QED) is 0.643. The molecule has 29 heavy (non-hydrogen) atoms. The summed E-state index contributed by atoms with van der Waals surface area (Å²) in [6, 6.07) is 2.00. The molecule has 0 amide bonds. The minimum Gasteiger partial charge on any atom is -0.494 e. The van der Waals surface area contributed by atoms with Crippen LogP contribution < -0.4 is 10.6 Å². The van der Waals surface area contributed by atoms with E-state index in [-0.39, 0.29) is 10.8 Å². The molecule has 6 bridgehead atoms. The highest BCUT2D eigenvalue weighted by Crippen LogP contribution is 2.34. The Kier molecular flexibility index (Phi) is 5.67. The fraction of sp³-hybridized carbons (Fsp3) is 0.417. The van der Waals surface area contributed by atoms with E-state index in [4.69, 9.17) is 9.72 Å². The lowest BCUT2D eigenvalue weighted by molar-refractivity contribution is 0.224. The van der Waals surface area contributed by atoms with E-state index in [1.54, 1.807) is 0 Å². The maximum Gasteiger partial charge on any atom is 0.227 e. The number of nitrogens with one attached hydrogen (secondary N) is 2. The van der Waals surface area contributed by atoms with Gasteiger partial charge in [-0.2, -0.15) is 0 Å². The topological polar surface area (TPSA) is 59.1 Å². The van der Waals surface area contributed by atoms with E-state index in [9.17, 15) is 0 Å². The van der Waals surface area contributed by atoms with Gasteiger partial charge < -0.3 is 15.4 Å². The second kappa shape index (κ2) is 8.37. The monoisotopic (exact) mass is 390 g/mol. The molecular formula is C24H30N4O. The van der Waals surface area contributed by atoms with Crippen LogP contribution >= 0.6 is 0 Å². The van der Waals surface area contributed by atoms with Crippen LogP contribution in [0.1, 0.15) is 38.8 Å². The SMILES string of the molecule is CC12C=C(C=CC1)Nc1nccc(n1)C1(C)C=C(C=CC1)OCC/C=C/CNC2. The van der Waals surface area contributed by atoms with E-state index < -0.39 is 0 Å². The minimum absolute atomic E-state index is 0.0643. The molecule has 0 spiro atoms.